The first-order valence-electron chi connectivity index (χ1n) is 5.90. The molecule has 5 nitrogen and oxygen atoms in total. The third-order valence-electron chi connectivity index (χ3n) is 3.42. The summed E-state index contributed by atoms with van der Waals surface area (Å²) in [4.78, 5) is 9.07. The molecule has 3 N–H and O–H groups in total. The summed E-state index contributed by atoms with van der Waals surface area (Å²) in [5.74, 6) is 1.91. The third-order valence-corrected chi connectivity index (χ3v) is 3.42. The second-order valence-corrected chi connectivity index (χ2v) is 4.68. The number of aromatic nitrogens is 2. The highest BCUT2D eigenvalue weighted by Gasteiger charge is 2.36. The highest BCUT2D eigenvalue weighted by molar-refractivity contribution is 5.94. The monoisotopic (exact) mass is 227 g/mol. The van der Waals surface area contributed by atoms with Gasteiger partial charge < -0.3 is 5.73 Å². The lowest BCUT2D eigenvalue weighted by Gasteiger charge is -2.23. The SMILES string of the molecule is NC1=N[C@@H](C2CC2)n2c(nc3ccccc32)N1. The predicted octanol–water partition coefficient (Wildman–Crippen LogP) is 1.69. The van der Waals surface area contributed by atoms with Crippen molar-refractivity contribution in [3.8, 4) is 0 Å². The summed E-state index contributed by atoms with van der Waals surface area (Å²) in [7, 11) is 0. The fraction of sp³-hybridized carbons (Fsp3) is 0.333. The van der Waals surface area contributed by atoms with Gasteiger partial charge in [-0.05, 0) is 25.0 Å². The van der Waals surface area contributed by atoms with Gasteiger partial charge in [-0.25, -0.2) is 9.98 Å². The number of rotatable bonds is 1. The molecule has 1 aliphatic carbocycles. The lowest BCUT2D eigenvalue weighted by molar-refractivity contribution is 0.474. The number of anilines is 1. The number of fused-ring (bicyclic) bond motifs is 3. The van der Waals surface area contributed by atoms with E-state index in [0.717, 1.165) is 17.0 Å². The maximum Gasteiger partial charge on any atom is 0.212 e. The largest absolute Gasteiger partial charge is 0.370 e. The molecular weight excluding hydrogens is 214 g/mol. The lowest BCUT2D eigenvalue weighted by Crippen LogP contribution is -2.31. The normalized spacial score (nSPS) is 23.1. The number of aliphatic imine (C=N–C) groups is 1. The van der Waals surface area contributed by atoms with Crippen LogP contribution in [0.2, 0.25) is 0 Å². The van der Waals surface area contributed by atoms with Gasteiger partial charge in [-0.3, -0.25) is 9.88 Å². The van der Waals surface area contributed by atoms with Crippen LogP contribution in [0, 0.1) is 5.92 Å². The zero-order valence-corrected chi connectivity index (χ0v) is 9.30. The van der Waals surface area contributed by atoms with Crippen molar-refractivity contribution < 1.29 is 0 Å². The Morgan fingerprint density at radius 2 is 2.12 bits per heavy atom. The fourth-order valence-corrected chi connectivity index (χ4v) is 2.46. The van der Waals surface area contributed by atoms with Gasteiger partial charge in [0.25, 0.3) is 0 Å². The van der Waals surface area contributed by atoms with Gasteiger partial charge in [-0.1, -0.05) is 12.1 Å². The summed E-state index contributed by atoms with van der Waals surface area (Å²) in [6, 6.07) is 8.13. The van der Waals surface area contributed by atoms with Crippen LogP contribution in [-0.2, 0) is 0 Å². The average molecular weight is 227 g/mol. The molecule has 1 fully saturated rings. The highest BCUT2D eigenvalue weighted by Crippen LogP contribution is 2.44. The van der Waals surface area contributed by atoms with Gasteiger partial charge in [0, 0.05) is 5.92 Å². The zero-order chi connectivity index (χ0) is 11.4. The van der Waals surface area contributed by atoms with Crippen molar-refractivity contribution in [1.82, 2.24) is 9.55 Å². The molecular formula is C12H13N5. The molecule has 0 saturated heterocycles. The van der Waals surface area contributed by atoms with Crippen LogP contribution >= 0.6 is 0 Å². The van der Waals surface area contributed by atoms with Crippen LogP contribution in [0.25, 0.3) is 11.0 Å². The van der Waals surface area contributed by atoms with Gasteiger partial charge in [0.1, 0.15) is 6.17 Å². The van der Waals surface area contributed by atoms with E-state index < -0.39 is 0 Å². The molecule has 0 bridgehead atoms. The second-order valence-electron chi connectivity index (χ2n) is 4.68. The third kappa shape index (κ3) is 1.25. The molecule has 1 aromatic carbocycles. The average Bonchev–Trinajstić information content (AvgIpc) is 3.09. The van der Waals surface area contributed by atoms with Crippen LogP contribution < -0.4 is 11.1 Å². The van der Waals surface area contributed by atoms with Crippen molar-refractivity contribution in [3.05, 3.63) is 24.3 Å². The standard InChI is InChI=1S/C12H13N5/c13-11-15-10(7-5-6-7)17-9-4-2-1-3-8(9)14-12(17)16-11/h1-4,7,10H,5-6H2,(H3,13,14,15,16)/t10-/m1/s1. The van der Waals surface area contributed by atoms with E-state index in [1.165, 1.54) is 12.8 Å². The summed E-state index contributed by atoms with van der Waals surface area (Å²) in [5, 5.41) is 3.04. The second kappa shape index (κ2) is 3.00. The number of hydrogen-bond donors (Lipinski definition) is 2. The smallest absolute Gasteiger partial charge is 0.212 e. The first kappa shape index (κ1) is 9.04. The Hall–Kier alpha value is -2.04. The lowest BCUT2D eigenvalue weighted by atomic mass is 10.2. The van der Waals surface area contributed by atoms with Gasteiger partial charge in [-0.2, -0.15) is 0 Å². The number of nitrogens with zero attached hydrogens (tertiary/aromatic N) is 3. The van der Waals surface area contributed by atoms with Gasteiger partial charge in [0.05, 0.1) is 11.0 Å². The number of imidazole rings is 1. The van der Waals surface area contributed by atoms with E-state index in [0.29, 0.717) is 11.9 Å². The Morgan fingerprint density at radius 3 is 2.94 bits per heavy atom. The molecule has 0 unspecified atom stereocenters. The van der Waals surface area contributed by atoms with Crippen molar-refractivity contribution in [1.29, 1.82) is 0 Å². The van der Waals surface area contributed by atoms with Crippen LogP contribution in [0.1, 0.15) is 19.0 Å². The number of nitrogens with two attached hydrogens (primary N) is 1. The van der Waals surface area contributed by atoms with E-state index in [4.69, 9.17) is 5.73 Å². The number of hydrogen-bond acceptors (Lipinski definition) is 4. The molecule has 5 heteroatoms. The number of benzene rings is 1. The molecule has 0 amide bonds. The van der Waals surface area contributed by atoms with Crippen molar-refractivity contribution in [2.45, 2.75) is 19.0 Å². The number of guanidine groups is 1. The summed E-state index contributed by atoms with van der Waals surface area (Å²) in [5.41, 5.74) is 7.93. The Labute approximate surface area is 98.3 Å². The van der Waals surface area contributed by atoms with Gasteiger partial charge >= 0.3 is 0 Å². The summed E-state index contributed by atoms with van der Waals surface area (Å²) >= 11 is 0. The van der Waals surface area contributed by atoms with Crippen LogP contribution in [0.4, 0.5) is 5.95 Å². The predicted molar refractivity (Wildman–Crippen MR) is 66.7 cm³/mol. The minimum atomic E-state index is 0.124. The van der Waals surface area contributed by atoms with E-state index in [2.05, 4.69) is 25.9 Å². The van der Waals surface area contributed by atoms with Gasteiger partial charge in [-0.15, -0.1) is 0 Å². The molecule has 0 radical (unpaired) electrons. The molecule has 1 aromatic heterocycles. The summed E-state index contributed by atoms with van der Waals surface area (Å²) < 4.78 is 2.17. The maximum atomic E-state index is 5.81. The Balaban J connectivity index is 1.98. The van der Waals surface area contributed by atoms with Crippen molar-refractivity contribution >= 4 is 22.9 Å². The van der Waals surface area contributed by atoms with Crippen molar-refractivity contribution in [2.75, 3.05) is 5.32 Å². The van der Waals surface area contributed by atoms with E-state index >= 15 is 0 Å². The fourth-order valence-electron chi connectivity index (χ4n) is 2.46. The topological polar surface area (TPSA) is 68.2 Å². The summed E-state index contributed by atoms with van der Waals surface area (Å²) in [6.07, 6.45) is 2.58. The molecule has 2 heterocycles. The molecule has 1 atom stereocenters. The molecule has 2 aliphatic rings. The van der Waals surface area contributed by atoms with Gasteiger partial charge in [0.2, 0.25) is 5.95 Å². The Bertz CT molecular complexity index is 623. The Kier molecular flexibility index (Phi) is 1.59. The molecule has 17 heavy (non-hydrogen) atoms. The van der Waals surface area contributed by atoms with E-state index in [1.807, 2.05) is 18.2 Å². The molecule has 86 valence electrons. The number of para-hydroxylation sites is 2. The minimum Gasteiger partial charge on any atom is -0.370 e. The van der Waals surface area contributed by atoms with Crippen LogP contribution in [-0.4, -0.2) is 15.5 Å². The zero-order valence-electron chi connectivity index (χ0n) is 9.30. The van der Waals surface area contributed by atoms with Crippen LogP contribution in [0.15, 0.2) is 29.3 Å². The van der Waals surface area contributed by atoms with E-state index in [9.17, 15) is 0 Å². The molecule has 2 aromatic rings. The number of nitrogens with one attached hydrogen (secondary N) is 1. The van der Waals surface area contributed by atoms with Crippen molar-refractivity contribution in [3.63, 3.8) is 0 Å². The highest BCUT2D eigenvalue weighted by atomic mass is 15.4. The first-order chi connectivity index (χ1) is 8.33. The summed E-state index contributed by atoms with van der Waals surface area (Å²) in [6.45, 7) is 0. The first-order valence-corrected chi connectivity index (χ1v) is 5.90. The maximum absolute atomic E-state index is 5.81. The minimum absolute atomic E-state index is 0.124. The van der Waals surface area contributed by atoms with Gasteiger partial charge in [0.15, 0.2) is 5.96 Å². The van der Waals surface area contributed by atoms with Crippen LogP contribution in [0.3, 0.4) is 0 Å². The molecule has 1 saturated carbocycles. The van der Waals surface area contributed by atoms with E-state index in [1.54, 1.807) is 0 Å². The Morgan fingerprint density at radius 1 is 1.29 bits per heavy atom. The van der Waals surface area contributed by atoms with Crippen LogP contribution in [0.5, 0.6) is 0 Å². The molecule has 4 rings (SSSR count). The van der Waals surface area contributed by atoms with Crippen molar-refractivity contribution in [2.24, 2.45) is 16.6 Å². The van der Waals surface area contributed by atoms with E-state index in [-0.39, 0.29) is 6.17 Å². The quantitative estimate of drug-likeness (QED) is 0.778. The molecule has 0 spiro atoms. The molecule has 1 aliphatic heterocycles.